The Hall–Kier alpha value is -1.63. The molecule has 4 heteroatoms. The predicted molar refractivity (Wildman–Crippen MR) is 64.6 cm³/mol. The summed E-state index contributed by atoms with van der Waals surface area (Å²) < 4.78 is 0. The molecule has 0 radical (unpaired) electrons. The molecule has 2 saturated carbocycles. The summed E-state index contributed by atoms with van der Waals surface area (Å²) in [6.07, 6.45) is 8.11. The lowest BCUT2D eigenvalue weighted by Gasteiger charge is -2.25. The molecule has 1 N–H and O–H groups in total. The van der Waals surface area contributed by atoms with Crippen molar-refractivity contribution in [3.05, 3.63) is 17.6 Å². The van der Waals surface area contributed by atoms with E-state index in [2.05, 4.69) is 21.4 Å². The fourth-order valence-electron chi connectivity index (χ4n) is 2.12. The molecule has 0 amide bonds. The first kappa shape index (κ1) is 10.5. The van der Waals surface area contributed by atoms with Crippen molar-refractivity contribution in [1.29, 1.82) is 5.26 Å². The minimum absolute atomic E-state index is 0.425. The van der Waals surface area contributed by atoms with E-state index in [1.807, 2.05) is 0 Å². The highest BCUT2D eigenvalue weighted by Gasteiger charge is 2.26. The van der Waals surface area contributed by atoms with Crippen LogP contribution in [-0.2, 0) is 0 Å². The maximum atomic E-state index is 9.01. The Morgan fingerprint density at radius 2 is 2.18 bits per heavy atom. The number of nitriles is 1. The van der Waals surface area contributed by atoms with Gasteiger partial charge in [0.25, 0.3) is 0 Å². The van der Waals surface area contributed by atoms with Crippen LogP contribution in [0.3, 0.4) is 0 Å². The smallest absolute Gasteiger partial charge is 0.182 e. The van der Waals surface area contributed by atoms with E-state index in [9.17, 15) is 0 Å². The maximum absolute atomic E-state index is 9.01. The number of hydrogen-bond acceptors (Lipinski definition) is 4. The van der Waals surface area contributed by atoms with Crippen molar-refractivity contribution < 1.29 is 0 Å². The van der Waals surface area contributed by atoms with Gasteiger partial charge in [-0.05, 0) is 31.6 Å². The Morgan fingerprint density at radius 1 is 1.35 bits per heavy atom. The largest absolute Gasteiger partial charge is 0.367 e. The van der Waals surface area contributed by atoms with Crippen LogP contribution in [0.5, 0.6) is 0 Å². The number of hydrogen-bond donors (Lipinski definition) is 1. The van der Waals surface area contributed by atoms with E-state index < -0.39 is 0 Å². The topological polar surface area (TPSA) is 61.6 Å². The molecule has 4 nitrogen and oxygen atoms in total. The molecule has 1 aromatic heterocycles. The van der Waals surface area contributed by atoms with Gasteiger partial charge >= 0.3 is 0 Å². The molecule has 2 aliphatic rings. The van der Waals surface area contributed by atoms with E-state index in [-0.39, 0.29) is 0 Å². The van der Waals surface area contributed by atoms with E-state index >= 15 is 0 Å². The summed E-state index contributed by atoms with van der Waals surface area (Å²) in [7, 11) is 0. The van der Waals surface area contributed by atoms with Gasteiger partial charge in [0.05, 0.1) is 11.9 Å². The Morgan fingerprint density at radius 3 is 2.76 bits per heavy atom. The highest BCUT2D eigenvalue weighted by atomic mass is 15.0. The molecule has 3 rings (SSSR count). The molecule has 0 aliphatic heterocycles. The molecule has 0 bridgehead atoms. The maximum Gasteiger partial charge on any atom is 0.182 e. The molecule has 88 valence electrons. The fraction of sp³-hybridized carbons (Fsp3) is 0.615. The summed E-state index contributed by atoms with van der Waals surface area (Å²) in [5.41, 5.74) is 1.47. The molecular weight excluding hydrogens is 212 g/mol. The fourth-order valence-corrected chi connectivity index (χ4v) is 2.12. The average molecular weight is 228 g/mol. The second-order valence-electron chi connectivity index (χ2n) is 5.06. The Balaban J connectivity index is 1.74. The first-order valence-electron chi connectivity index (χ1n) is 6.37. The van der Waals surface area contributed by atoms with Crippen LogP contribution in [0.4, 0.5) is 5.82 Å². The van der Waals surface area contributed by atoms with Gasteiger partial charge in [0, 0.05) is 12.5 Å². The minimum atomic E-state index is 0.425. The number of anilines is 1. The molecule has 0 atom stereocenters. The lowest BCUT2D eigenvalue weighted by Crippen LogP contribution is -2.22. The van der Waals surface area contributed by atoms with Crippen LogP contribution in [0.1, 0.15) is 49.4 Å². The van der Waals surface area contributed by atoms with E-state index in [0.29, 0.717) is 17.4 Å². The van der Waals surface area contributed by atoms with Gasteiger partial charge in [0.2, 0.25) is 0 Å². The first-order chi connectivity index (χ1) is 8.36. The van der Waals surface area contributed by atoms with Crippen LogP contribution >= 0.6 is 0 Å². The van der Waals surface area contributed by atoms with Gasteiger partial charge in [-0.25, -0.2) is 9.97 Å². The van der Waals surface area contributed by atoms with Gasteiger partial charge in [0.15, 0.2) is 11.5 Å². The quantitative estimate of drug-likeness (QED) is 0.859. The first-order valence-corrected chi connectivity index (χ1v) is 6.37. The number of aromatic nitrogens is 2. The summed E-state index contributed by atoms with van der Waals surface area (Å²) in [6.45, 7) is 0.928. The van der Waals surface area contributed by atoms with Crippen molar-refractivity contribution in [3.63, 3.8) is 0 Å². The number of nitrogens with zero attached hydrogens (tertiary/aromatic N) is 3. The highest BCUT2D eigenvalue weighted by molar-refractivity contribution is 5.48. The third kappa shape index (κ3) is 2.23. The molecule has 2 fully saturated rings. The Kier molecular flexibility index (Phi) is 2.68. The normalized spacial score (nSPS) is 19.5. The highest BCUT2D eigenvalue weighted by Crippen LogP contribution is 2.39. The molecule has 0 unspecified atom stereocenters. The van der Waals surface area contributed by atoms with Gasteiger partial charge in [-0.2, -0.15) is 5.26 Å². The van der Waals surface area contributed by atoms with E-state index in [0.717, 1.165) is 18.2 Å². The van der Waals surface area contributed by atoms with Crippen LogP contribution in [0.15, 0.2) is 6.20 Å². The third-order valence-corrected chi connectivity index (χ3v) is 3.68. The second-order valence-corrected chi connectivity index (χ2v) is 5.06. The van der Waals surface area contributed by atoms with Crippen molar-refractivity contribution in [1.82, 2.24) is 9.97 Å². The van der Waals surface area contributed by atoms with Gasteiger partial charge in [-0.1, -0.05) is 6.42 Å². The average Bonchev–Trinajstić information content (AvgIpc) is 3.10. The molecular formula is C13H16N4. The lowest BCUT2D eigenvalue weighted by atomic mass is 9.85. The zero-order valence-electron chi connectivity index (χ0n) is 9.82. The molecule has 0 aromatic carbocycles. The molecule has 2 aliphatic carbocycles. The van der Waals surface area contributed by atoms with Gasteiger partial charge < -0.3 is 5.32 Å². The summed E-state index contributed by atoms with van der Waals surface area (Å²) in [6, 6.07) is 2.11. The number of nitrogens with one attached hydrogen (secondary N) is 1. The Labute approximate surface area is 101 Å². The van der Waals surface area contributed by atoms with Crippen molar-refractivity contribution >= 4 is 5.82 Å². The van der Waals surface area contributed by atoms with Crippen molar-refractivity contribution in [2.24, 2.45) is 5.92 Å². The van der Waals surface area contributed by atoms with Crippen molar-refractivity contribution in [2.75, 3.05) is 11.9 Å². The van der Waals surface area contributed by atoms with Crippen LogP contribution in [0, 0.1) is 17.2 Å². The van der Waals surface area contributed by atoms with Crippen molar-refractivity contribution in [3.8, 4) is 6.07 Å². The van der Waals surface area contributed by atoms with E-state index in [1.165, 1.54) is 32.1 Å². The summed E-state index contributed by atoms with van der Waals surface area (Å²) >= 11 is 0. The molecule has 1 heterocycles. The molecule has 17 heavy (non-hydrogen) atoms. The van der Waals surface area contributed by atoms with E-state index in [1.54, 1.807) is 6.20 Å². The van der Waals surface area contributed by atoms with Crippen LogP contribution in [0.25, 0.3) is 0 Å². The van der Waals surface area contributed by atoms with Crippen molar-refractivity contribution in [2.45, 2.75) is 38.0 Å². The lowest BCUT2D eigenvalue weighted by molar-refractivity contribution is 0.333. The van der Waals surface area contributed by atoms with Crippen LogP contribution < -0.4 is 5.32 Å². The minimum Gasteiger partial charge on any atom is -0.367 e. The molecule has 0 spiro atoms. The SMILES string of the molecule is N#Cc1ncc(C2CC2)nc1NCC1CCC1. The van der Waals surface area contributed by atoms with Crippen LogP contribution in [0.2, 0.25) is 0 Å². The zero-order chi connectivity index (χ0) is 11.7. The third-order valence-electron chi connectivity index (χ3n) is 3.68. The summed E-state index contributed by atoms with van der Waals surface area (Å²) in [5, 5.41) is 12.3. The van der Waals surface area contributed by atoms with Gasteiger partial charge in [0.1, 0.15) is 6.07 Å². The summed E-state index contributed by atoms with van der Waals surface area (Å²) in [5.74, 6) is 2.02. The standard InChI is InChI=1S/C13H16N4/c14-6-11-13(16-7-9-2-1-3-9)17-12(8-15-11)10-4-5-10/h8-10H,1-5,7H2,(H,16,17). The van der Waals surface area contributed by atoms with Gasteiger partial charge in [-0.15, -0.1) is 0 Å². The number of rotatable bonds is 4. The predicted octanol–water partition coefficient (Wildman–Crippen LogP) is 2.44. The second kappa shape index (κ2) is 4.33. The Bertz CT molecular complexity index is 455. The molecule has 0 saturated heterocycles. The van der Waals surface area contributed by atoms with Crippen LogP contribution in [-0.4, -0.2) is 16.5 Å². The molecule has 1 aromatic rings. The monoisotopic (exact) mass is 228 g/mol. The van der Waals surface area contributed by atoms with E-state index in [4.69, 9.17) is 5.26 Å². The zero-order valence-corrected chi connectivity index (χ0v) is 9.82. The van der Waals surface area contributed by atoms with Gasteiger partial charge in [-0.3, -0.25) is 0 Å². The summed E-state index contributed by atoms with van der Waals surface area (Å²) in [4.78, 5) is 8.73.